The molecule has 0 aromatic rings. The van der Waals surface area contributed by atoms with Gasteiger partial charge >= 0.3 is 6.18 Å². The van der Waals surface area contributed by atoms with Crippen LogP contribution in [0.1, 0.15) is 32.1 Å². The SMILES string of the molecule is NC(C(=O)NC1CCCCC1)C(F)(F)F. The molecule has 1 unspecified atom stereocenters. The summed E-state index contributed by atoms with van der Waals surface area (Å²) in [7, 11) is 0. The first kappa shape index (κ1) is 12.3. The molecule has 15 heavy (non-hydrogen) atoms. The van der Waals surface area contributed by atoms with Crippen LogP contribution in [0.4, 0.5) is 13.2 Å². The summed E-state index contributed by atoms with van der Waals surface area (Å²) >= 11 is 0. The molecule has 3 N–H and O–H groups in total. The highest BCUT2D eigenvalue weighted by atomic mass is 19.4. The van der Waals surface area contributed by atoms with E-state index in [1.54, 1.807) is 0 Å². The molecule has 6 heteroatoms. The lowest BCUT2D eigenvalue weighted by Crippen LogP contribution is -2.52. The zero-order valence-electron chi connectivity index (χ0n) is 8.31. The van der Waals surface area contributed by atoms with E-state index in [1.807, 2.05) is 0 Å². The normalized spacial score (nSPS) is 21.1. The minimum Gasteiger partial charge on any atom is -0.352 e. The average Bonchev–Trinajstić information content (AvgIpc) is 2.16. The third-order valence-electron chi connectivity index (χ3n) is 2.59. The predicted molar refractivity (Wildman–Crippen MR) is 49.0 cm³/mol. The monoisotopic (exact) mass is 224 g/mol. The standard InChI is InChI=1S/C9H15F3N2O/c10-9(11,12)7(13)8(15)14-6-4-2-1-3-5-6/h6-7H,1-5,13H2,(H,14,15). The van der Waals surface area contributed by atoms with Gasteiger partial charge in [0, 0.05) is 6.04 Å². The lowest BCUT2D eigenvalue weighted by atomic mass is 9.95. The molecule has 0 aromatic carbocycles. The van der Waals surface area contributed by atoms with Gasteiger partial charge in [0.05, 0.1) is 0 Å². The zero-order valence-corrected chi connectivity index (χ0v) is 8.31. The van der Waals surface area contributed by atoms with Gasteiger partial charge in [0.25, 0.3) is 0 Å². The Hall–Kier alpha value is -0.780. The Labute approximate surface area is 86.2 Å². The fraction of sp³-hybridized carbons (Fsp3) is 0.889. The first-order chi connectivity index (χ1) is 6.91. The maximum Gasteiger partial charge on any atom is 0.412 e. The molecular weight excluding hydrogens is 209 g/mol. The largest absolute Gasteiger partial charge is 0.412 e. The second-order valence-electron chi connectivity index (χ2n) is 3.86. The number of alkyl halides is 3. The first-order valence-electron chi connectivity index (χ1n) is 5.04. The van der Waals surface area contributed by atoms with Crippen molar-refractivity contribution in [3.8, 4) is 0 Å². The molecule has 0 saturated heterocycles. The van der Waals surface area contributed by atoms with Gasteiger partial charge in [-0.05, 0) is 12.8 Å². The Morgan fingerprint density at radius 3 is 2.27 bits per heavy atom. The third-order valence-corrected chi connectivity index (χ3v) is 2.59. The lowest BCUT2D eigenvalue weighted by molar-refractivity contribution is -0.163. The quantitative estimate of drug-likeness (QED) is 0.743. The van der Waals surface area contributed by atoms with E-state index < -0.39 is 18.1 Å². The summed E-state index contributed by atoms with van der Waals surface area (Å²) in [5.74, 6) is -1.12. The van der Waals surface area contributed by atoms with Crippen LogP contribution in [0.15, 0.2) is 0 Å². The Bertz CT molecular complexity index is 224. The molecular formula is C9H15F3N2O. The summed E-state index contributed by atoms with van der Waals surface area (Å²) in [5, 5.41) is 2.34. The van der Waals surface area contributed by atoms with Crippen LogP contribution in [0, 0.1) is 0 Å². The summed E-state index contributed by atoms with van der Waals surface area (Å²) in [5.41, 5.74) is 4.77. The highest BCUT2D eigenvalue weighted by molar-refractivity contribution is 5.82. The van der Waals surface area contributed by atoms with Crippen LogP contribution in [0.2, 0.25) is 0 Å². The van der Waals surface area contributed by atoms with Gasteiger partial charge in [0.1, 0.15) is 0 Å². The number of carbonyl (C=O) groups is 1. The number of carbonyl (C=O) groups excluding carboxylic acids is 1. The number of hydrogen-bond donors (Lipinski definition) is 2. The Balaban J connectivity index is 2.40. The molecule has 1 aliphatic carbocycles. The molecule has 0 spiro atoms. The number of hydrogen-bond acceptors (Lipinski definition) is 2. The van der Waals surface area contributed by atoms with Crippen LogP contribution in [0.3, 0.4) is 0 Å². The van der Waals surface area contributed by atoms with Gasteiger partial charge in [0.15, 0.2) is 6.04 Å². The average molecular weight is 224 g/mol. The molecule has 0 aromatic heterocycles. The molecule has 3 nitrogen and oxygen atoms in total. The Kier molecular flexibility index (Phi) is 3.96. The summed E-state index contributed by atoms with van der Waals surface area (Å²) < 4.78 is 36.2. The van der Waals surface area contributed by atoms with E-state index in [2.05, 4.69) is 5.32 Å². The van der Waals surface area contributed by atoms with Crippen LogP contribution >= 0.6 is 0 Å². The van der Waals surface area contributed by atoms with Crippen molar-refractivity contribution < 1.29 is 18.0 Å². The second kappa shape index (κ2) is 4.83. The van der Waals surface area contributed by atoms with E-state index >= 15 is 0 Å². The second-order valence-corrected chi connectivity index (χ2v) is 3.86. The van der Waals surface area contributed by atoms with Gasteiger partial charge in [-0.2, -0.15) is 13.2 Å². The van der Waals surface area contributed by atoms with Gasteiger partial charge in [-0.1, -0.05) is 19.3 Å². The minimum atomic E-state index is -4.65. The highest BCUT2D eigenvalue weighted by Gasteiger charge is 2.42. The van der Waals surface area contributed by atoms with E-state index in [-0.39, 0.29) is 6.04 Å². The Morgan fingerprint density at radius 2 is 1.80 bits per heavy atom. The fourth-order valence-corrected chi connectivity index (χ4v) is 1.69. The molecule has 1 rings (SSSR count). The van der Waals surface area contributed by atoms with Crippen LogP contribution in [0.5, 0.6) is 0 Å². The number of rotatable bonds is 2. The zero-order chi connectivity index (χ0) is 11.5. The molecule has 1 saturated carbocycles. The van der Waals surface area contributed by atoms with E-state index in [1.165, 1.54) is 0 Å². The van der Waals surface area contributed by atoms with Gasteiger partial charge in [-0.3, -0.25) is 4.79 Å². The van der Waals surface area contributed by atoms with Crippen molar-refractivity contribution >= 4 is 5.91 Å². The molecule has 88 valence electrons. The number of amides is 1. The molecule has 0 aliphatic heterocycles. The molecule has 1 fully saturated rings. The summed E-state index contributed by atoms with van der Waals surface area (Å²) in [6.07, 6.45) is -0.179. The van der Waals surface area contributed by atoms with Crippen LogP contribution in [-0.2, 0) is 4.79 Å². The maximum atomic E-state index is 12.1. The Morgan fingerprint density at radius 1 is 1.27 bits per heavy atom. The summed E-state index contributed by atoms with van der Waals surface area (Å²) in [6, 6.07) is -2.54. The topological polar surface area (TPSA) is 55.1 Å². The minimum absolute atomic E-state index is 0.139. The van der Waals surface area contributed by atoms with Crippen molar-refractivity contribution in [2.75, 3.05) is 0 Å². The van der Waals surface area contributed by atoms with Crippen LogP contribution in [-0.4, -0.2) is 24.2 Å². The van der Waals surface area contributed by atoms with E-state index in [9.17, 15) is 18.0 Å². The molecule has 0 radical (unpaired) electrons. The van der Waals surface area contributed by atoms with Gasteiger partial charge < -0.3 is 11.1 Å². The van der Waals surface area contributed by atoms with E-state index in [4.69, 9.17) is 5.73 Å². The third kappa shape index (κ3) is 3.70. The van der Waals surface area contributed by atoms with Gasteiger partial charge in [-0.25, -0.2) is 0 Å². The number of nitrogens with two attached hydrogens (primary N) is 1. The van der Waals surface area contributed by atoms with E-state index in [0.717, 1.165) is 32.1 Å². The van der Waals surface area contributed by atoms with Crippen molar-refractivity contribution in [3.05, 3.63) is 0 Å². The number of halogens is 3. The van der Waals surface area contributed by atoms with Crippen LogP contribution in [0.25, 0.3) is 0 Å². The summed E-state index contributed by atoms with van der Waals surface area (Å²) in [6.45, 7) is 0. The molecule has 1 atom stereocenters. The van der Waals surface area contributed by atoms with Gasteiger partial charge in [-0.15, -0.1) is 0 Å². The van der Waals surface area contributed by atoms with Crippen molar-refractivity contribution in [2.24, 2.45) is 5.73 Å². The van der Waals surface area contributed by atoms with Crippen LogP contribution < -0.4 is 11.1 Å². The summed E-state index contributed by atoms with van der Waals surface area (Å²) in [4.78, 5) is 11.1. The molecule has 0 bridgehead atoms. The smallest absolute Gasteiger partial charge is 0.352 e. The maximum absolute atomic E-state index is 12.1. The molecule has 1 amide bonds. The molecule has 0 heterocycles. The van der Waals surface area contributed by atoms with Crippen molar-refractivity contribution in [1.82, 2.24) is 5.32 Å². The highest BCUT2D eigenvalue weighted by Crippen LogP contribution is 2.20. The fourth-order valence-electron chi connectivity index (χ4n) is 1.69. The van der Waals surface area contributed by atoms with Crippen molar-refractivity contribution in [1.29, 1.82) is 0 Å². The van der Waals surface area contributed by atoms with Crippen molar-refractivity contribution in [3.63, 3.8) is 0 Å². The van der Waals surface area contributed by atoms with E-state index in [0.29, 0.717) is 0 Å². The predicted octanol–water partition coefficient (Wildman–Crippen LogP) is 1.32. The lowest BCUT2D eigenvalue weighted by Gasteiger charge is -2.24. The first-order valence-corrected chi connectivity index (χ1v) is 5.04. The number of nitrogens with one attached hydrogen (secondary N) is 1. The van der Waals surface area contributed by atoms with Crippen molar-refractivity contribution in [2.45, 2.75) is 50.4 Å². The molecule has 1 aliphatic rings. The van der Waals surface area contributed by atoms with Gasteiger partial charge in [0.2, 0.25) is 5.91 Å².